The molecular weight excluding hydrogens is 152 g/mol. The van der Waals surface area contributed by atoms with Crippen LogP contribution in [0.3, 0.4) is 0 Å². The Bertz CT molecular complexity index is 105. The summed E-state index contributed by atoms with van der Waals surface area (Å²) in [6.07, 6.45) is 3.88. The normalized spacial score (nSPS) is 14.8. The highest BCUT2D eigenvalue weighted by Gasteiger charge is 2.12. The number of rotatable bonds is 6. The Morgan fingerprint density at radius 2 is 1.83 bits per heavy atom. The molecule has 0 aliphatic rings. The minimum absolute atomic E-state index is 0.281. The van der Waals surface area contributed by atoms with Crippen molar-refractivity contribution in [2.75, 3.05) is 6.61 Å². The summed E-state index contributed by atoms with van der Waals surface area (Å²) in [6, 6.07) is 0. The van der Waals surface area contributed by atoms with Crippen LogP contribution in [0.15, 0.2) is 0 Å². The largest absolute Gasteiger partial charge is 0.396 e. The maximum absolute atomic E-state index is 9.41. The summed E-state index contributed by atoms with van der Waals surface area (Å²) in [7, 11) is 0. The van der Waals surface area contributed by atoms with Gasteiger partial charge in [0.25, 0.3) is 0 Å². The fourth-order valence-corrected chi connectivity index (χ4v) is 1.25. The van der Waals surface area contributed by atoms with E-state index in [0.717, 1.165) is 25.7 Å². The van der Waals surface area contributed by atoms with Crippen LogP contribution in [-0.4, -0.2) is 22.4 Å². The SMILES string of the molecule is C[C@@H](CCO)CCCC(C)(C)O. The molecular formula is C10H22O2. The molecule has 0 amide bonds. The van der Waals surface area contributed by atoms with Gasteiger partial charge in [-0.05, 0) is 32.6 Å². The summed E-state index contributed by atoms with van der Waals surface area (Å²) >= 11 is 0. The number of aliphatic hydroxyl groups is 2. The van der Waals surface area contributed by atoms with E-state index in [4.69, 9.17) is 5.11 Å². The highest BCUT2D eigenvalue weighted by molar-refractivity contribution is 4.65. The topological polar surface area (TPSA) is 40.5 Å². The Kier molecular flexibility index (Phi) is 5.51. The highest BCUT2D eigenvalue weighted by Crippen LogP contribution is 2.17. The fraction of sp³-hybridized carbons (Fsp3) is 1.00. The average molecular weight is 174 g/mol. The maximum Gasteiger partial charge on any atom is 0.0591 e. The number of hydrogen-bond donors (Lipinski definition) is 2. The van der Waals surface area contributed by atoms with Crippen molar-refractivity contribution < 1.29 is 10.2 Å². The fourth-order valence-electron chi connectivity index (χ4n) is 1.25. The van der Waals surface area contributed by atoms with Gasteiger partial charge in [0, 0.05) is 6.61 Å². The molecule has 2 heteroatoms. The van der Waals surface area contributed by atoms with E-state index in [-0.39, 0.29) is 6.61 Å². The zero-order valence-corrected chi connectivity index (χ0v) is 8.51. The molecule has 0 aromatic rings. The van der Waals surface area contributed by atoms with Crippen molar-refractivity contribution in [2.45, 2.75) is 52.1 Å². The van der Waals surface area contributed by atoms with Gasteiger partial charge < -0.3 is 10.2 Å². The molecule has 0 saturated heterocycles. The van der Waals surface area contributed by atoms with Crippen LogP contribution in [0.25, 0.3) is 0 Å². The van der Waals surface area contributed by atoms with Crippen molar-refractivity contribution in [3.8, 4) is 0 Å². The molecule has 1 atom stereocenters. The molecule has 0 unspecified atom stereocenters. The third kappa shape index (κ3) is 8.02. The second-order valence-corrected chi connectivity index (χ2v) is 4.32. The van der Waals surface area contributed by atoms with Gasteiger partial charge in [-0.15, -0.1) is 0 Å². The van der Waals surface area contributed by atoms with Crippen LogP contribution in [0.2, 0.25) is 0 Å². The summed E-state index contributed by atoms with van der Waals surface area (Å²) in [5.41, 5.74) is -0.529. The Morgan fingerprint density at radius 1 is 1.25 bits per heavy atom. The summed E-state index contributed by atoms with van der Waals surface area (Å²) in [6.45, 7) is 6.09. The smallest absolute Gasteiger partial charge is 0.0591 e. The molecule has 74 valence electrons. The molecule has 0 saturated carbocycles. The lowest BCUT2D eigenvalue weighted by molar-refractivity contribution is 0.0667. The van der Waals surface area contributed by atoms with E-state index in [9.17, 15) is 5.11 Å². The van der Waals surface area contributed by atoms with Crippen LogP contribution in [0.1, 0.15) is 46.5 Å². The maximum atomic E-state index is 9.41. The van der Waals surface area contributed by atoms with Crippen LogP contribution in [0.5, 0.6) is 0 Å². The molecule has 0 bridgehead atoms. The first kappa shape index (κ1) is 11.9. The quantitative estimate of drug-likeness (QED) is 0.646. The molecule has 0 heterocycles. The van der Waals surface area contributed by atoms with E-state index in [1.54, 1.807) is 0 Å². The summed E-state index contributed by atoms with van der Waals surface area (Å²) in [4.78, 5) is 0. The lowest BCUT2D eigenvalue weighted by Crippen LogP contribution is -2.18. The summed E-state index contributed by atoms with van der Waals surface area (Å²) in [5.74, 6) is 0.581. The predicted molar refractivity (Wildman–Crippen MR) is 51.0 cm³/mol. The van der Waals surface area contributed by atoms with E-state index >= 15 is 0 Å². The molecule has 0 radical (unpaired) electrons. The van der Waals surface area contributed by atoms with Gasteiger partial charge >= 0.3 is 0 Å². The van der Waals surface area contributed by atoms with Crippen LogP contribution >= 0.6 is 0 Å². The molecule has 2 N–H and O–H groups in total. The minimum atomic E-state index is -0.529. The van der Waals surface area contributed by atoms with Crippen LogP contribution < -0.4 is 0 Å². The minimum Gasteiger partial charge on any atom is -0.396 e. The first-order valence-electron chi connectivity index (χ1n) is 4.79. The Balaban J connectivity index is 3.31. The van der Waals surface area contributed by atoms with Crippen molar-refractivity contribution in [1.82, 2.24) is 0 Å². The van der Waals surface area contributed by atoms with Crippen LogP contribution in [0, 0.1) is 5.92 Å². The lowest BCUT2D eigenvalue weighted by atomic mass is 9.95. The molecule has 0 aromatic carbocycles. The van der Waals surface area contributed by atoms with E-state index < -0.39 is 5.60 Å². The predicted octanol–water partition coefficient (Wildman–Crippen LogP) is 1.95. The molecule has 0 aliphatic heterocycles. The van der Waals surface area contributed by atoms with Crippen LogP contribution in [-0.2, 0) is 0 Å². The zero-order chi connectivity index (χ0) is 9.61. The molecule has 0 rings (SSSR count). The number of hydrogen-bond acceptors (Lipinski definition) is 2. The summed E-state index contributed by atoms with van der Waals surface area (Å²) in [5, 5.41) is 18.1. The molecule has 0 aromatic heterocycles. The Morgan fingerprint density at radius 3 is 2.25 bits per heavy atom. The number of aliphatic hydroxyl groups excluding tert-OH is 1. The zero-order valence-electron chi connectivity index (χ0n) is 8.51. The van der Waals surface area contributed by atoms with E-state index in [1.807, 2.05) is 13.8 Å². The van der Waals surface area contributed by atoms with Crippen molar-refractivity contribution in [3.05, 3.63) is 0 Å². The van der Waals surface area contributed by atoms with Crippen molar-refractivity contribution in [2.24, 2.45) is 5.92 Å². The van der Waals surface area contributed by atoms with Crippen molar-refractivity contribution >= 4 is 0 Å². The monoisotopic (exact) mass is 174 g/mol. The van der Waals surface area contributed by atoms with Gasteiger partial charge in [0.1, 0.15) is 0 Å². The van der Waals surface area contributed by atoms with Gasteiger partial charge in [-0.2, -0.15) is 0 Å². The first-order valence-corrected chi connectivity index (χ1v) is 4.79. The van der Waals surface area contributed by atoms with Gasteiger partial charge in [0.05, 0.1) is 5.60 Å². The summed E-state index contributed by atoms with van der Waals surface area (Å²) < 4.78 is 0. The average Bonchev–Trinajstić information content (AvgIpc) is 1.84. The first-order chi connectivity index (χ1) is 5.45. The lowest BCUT2D eigenvalue weighted by Gasteiger charge is -2.17. The third-order valence-electron chi connectivity index (χ3n) is 2.11. The van der Waals surface area contributed by atoms with Gasteiger partial charge in [-0.3, -0.25) is 0 Å². The van der Waals surface area contributed by atoms with Crippen molar-refractivity contribution in [1.29, 1.82) is 0 Å². The van der Waals surface area contributed by atoms with E-state index in [0.29, 0.717) is 5.92 Å². The highest BCUT2D eigenvalue weighted by atomic mass is 16.3. The van der Waals surface area contributed by atoms with Crippen LogP contribution in [0.4, 0.5) is 0 Å². The molecule has 2 nitrogen and oxygen atoms in total. The second-order valence-electron chi connectivity index (χ2n) is 4.32. The third-order valence-corrected chi connectivity index (χ3v) is 2.11. The standard InChI is InChI=1S/C10H22O2/c1-9(6-8-11)5-4-7-10(2,3)12/h9,11-12H,4-8H2,1-3H3/t9-/m1/s1. The molecule has 0 fully saturated rings. The molecule has 12 heavy (non-hydrogen) atoms. The van der Waals surface area contributed by atoms with E-state index in [1.165, 1.54) is 0 Å². The Hall–Kier alpha value is -0.0800. The molecule has 0 spiro atoms. The second kappa shape index (κ2) is 5.55. The van der Waals surface area contributed by atoms with E-state index in [2.05, 4.69) is 6.92 Å². The molecule has 0 aliphatic carbocycles. The van der Waals surface area contributed by atoms with Gasteiger partial charge in [0.15, 0.2) is 0 Å². The van der Waals surface area contributed by atoms with Gasteiger partial charge in [-0.25, -0.2) is 0 Å². The van der Waals surface area contributed by atoms with Gasteiger partial charge in [0.2, 0.25) is 0 Å². The van der Waals surface area contributed by atoms with Crippen molar-refractivity contribution in [3.63, 3.8) is 0 Å². The van der Waals surface area contributed by atoms with Gasteiger partial charge in [-0.1, -0.05) is 19.8 Å². The Labute approximate surface area is 75.6 Å².